The van der Waals surface area contributed by atoms with Crippen molar-refractivity contribution in [2.24, 2.45) is 0 Å². The number of aromatic nitrogens is 2. The van der Waals surface area contributed by atoms with Gasteiger partial charge in [0.2, 0.25) is 5.95 Å². The number of carbonyl (C=O) groups excluding carboxylic acids is 1. The molecule has 30 heavy (non-hydrogen) atoms. The van der Waals surface area contributed by atoms with Crippen molar-refractivity contribution in [1.29, 1.82) is 0 Å². The maximum absolute atomic E-state index is 13.6. The number of benzene rings is 3. The molecule has 0 atom stereocenters. The lowest BCUT2D eigenvalue weighted by atomic mass is 10.1. The number of nitrogens with one attached hydrogen (secondary N) is 1. The Morgan fingerprint density at radius 2 is 1.77 bits per heavy atom. The maximum Gasteiger partial charge on any atom is 0.267 e. The first-order chi connectivity index (χ1) is 14.3. The summed E-state index contributed by atoms with van der Waals surface area (Å²) in [4.78, 5) is 20.2. The second kappa shape index (κ2) is 7.72. The van der Waals surface area contributed by atoms with Gasteiger partial charge in [-0.15, -0.1) is 0 Å². The van der Waals surface area contributed by atoms with Gasteiger partial charge in [-0.05, 0) is 43.3 Å². The fraction of sp³-hybridized carbons (Fsp3) is 0.0909. The van der Waals surface area contributed by atoms with E-state index in [0.717, 1.165) is 15.9 Å². The highest BCUT2D eigenvalue weighted by molar-refractivity contribution is 7.92. The molecule has 0 radical (unpaired) electrons. The van der Waals surface area contributed by atoms with Gasteiger partial charge in [-0.2, -0.15) is 0 Å². The van der Waals surface area contributed by atoms with Gasteiger partial charge in [0.25, 0.3) is 10.0 Å². The Labute approximate surface area is 173 Å². The van der Waals surface area contributed by atoms with Gasteiger partial charge in [0, 0.05) is 5.56 Å². The van der Waals surface area contributed by atoms with Crippen molar-refractivity contribution < 1.29 is 17.6 Å². The highest BCUT2D eigenvalue weighted by Crippen LogP contribution is 2.25. The van der Waals surface area contributed by atoms with Gasteiger partial charge in [-0.25, -0.2) is 22.1 Å². The number of para-hydroxylation sites is 2. The number of H-pyrrole nitrogens is 1. The third-order valence-electron chi connectivity index (χ3n) is 4.66. The number of carbonyl (C=O) groups is 1. The predicted molar refractivity (Wildman–Crippen MR) is 113 cm³/mol. The average molecular weight is 423 g/mol. The summed E-state index contributed by atoms with van der Waals surface area (Å²) in [6.45, 7) is 1.32. The first kappa shape index (κ1) is 19.8. The largest absolute Gasteiger partial charge is 0.323 e. The average Bonchev–Trinajstić information content (AvgIpc) is 3.15. The number of ketones is 1. The Bertz CT molecular complexity index is 1300. The Hall–Kier alpha value is -3.52. The van der Waals surface area contributed by atoms with E-state index in [1.807, 2.05) is 6.92 Å². The third kappa shape index (κ3) is 3.81. The normalized spacial score (nSPS) is 11.5. The number of aromatic amines is 1. The van der Waals surface area contributed by atoms with Crippen LogP contribution in [0.1, 0.15) is 15.9 Å². The van der Waals surface area contributed by atoms with E-state index in [1.165, 1.54) is 30.3 Å². The number of sulfonamides is 1. The van der Waals surface area contributed by atoms with Crippen LogP contribution in [0.3, 0.4) is 0 Å². The summed E-state index contributed by atoms with van der Waals surface area (Å²) < 4.78 is 41.3. The first-order valence-corrected chi connectivity index (χ1v) is 10.6. The molecular weight excluding hydrogens is 405 g/mol. The molecule has 6 nitrogen and oxygen atoms in total. The summed E-state index contributed by atoms with van der Waals surface area (Å²) in [5, 5.41) is 0. The number of anilines is 1. The highest BCUT2D eigenvalue weighted by Gasteiger charge is 2.30. The Kier molecular flexibility index (Phi) is 5.09. The van der Waals surface area contributed by atoms with Gasteiger partial charge in [0.05, 0.1) is 15.9 Å². The first-order valence-electron chi connectivity index (χ1n) is 9.17. The van der Waals surface area contributed by atoms with E-state index in [0.29, 0.717) is 11.0 Å². The molecule has 1 N–H and O–H groups in total. The molecule has 8 heteroatoms. The van der Waals surface area contributed by atoms with Gasteiger partial charge in [0.15, 0.2) is 5.78 Å². The highest BCUT2D eigenvalue weighted by atomic mass is 32.2. The van der Waals surface area contributed by atoms with E-state index in [4.69, 9.17) is 0 Å². The summed E-state index contributed by atoms with van der Waals surface area (Å²) in [5.41, 5.74) is 2.18. The van der Waals surface area contributed by atoms with Crippen LogP contribution in [0.5, 0.6) is 0 Å². The van der Waals surface area contributed by atoms with Crippen molar-refractivity contribution >= 4 is 32.8 Å². The second-order valence-corrected chi connectivity index (χ2v) is 8.70. The minimum atomic E-state index is -4.11. The van der Waals surface area contributed by atoms with Crippen molar-refractivity contribution in [2.75, 3.05) is 10.8 Å². The fourth-order valence-corrected chi connectivity index (χ4v) is 4.39. The van der Waals surface area contributed by atoms with Gasteiger partial charge >= 0.3 is 0 Å². The van der Waals surface area contributed by atoms with Crippen LogP contribution in [-0.4, -0.2) is 30.7 Å². The summed E-state index contributed by atoms with van der Waals surface area (Å²) in [6.07, 6.45) is 0. The number of aryl methyl sites for hydroxylation is 1. The number of rotatable bonds is 6. The Morgan fingerprint density at radius 1 is 1.03 bits per heavy atom. The number of hydrogen-bond donors (Lipinski definition) is 1. The lowest BCUT2D eigenvalue weighted by molar-refractivity contribution is 0.100. The van der Waals surface area contributed by atoms with E-state index in [9.17, 15) is 17.6 Å². The predicted octanol–water partition coefficient (Wildman–Crippen LogP) is 4.09. The van der Waals surface area contributed by atoms with E-state index < -0.39 is 28.2 Å². The topological polar surface area (TPSA) is 83.1 Å². The lowest BCUT2D eigenvalue weighted by Crippen LogP contribution is -2.36. The smallest absolute Gasteiger partial charge is 0.267 e. The molecule has 4 aromatic rings. The number of nitrogens with zero attached hydrogens (tertiary/aromatic N) is 2. The molecule has 4 rings (SSSR count). The zero-order valence-corrected chi connectivity index (χ0v) is 16.9. The summed E-state index contributed by atoms with van der Waals surface area (Å²) in [5.74, 6) is -1.11. The maximum atomic E-state index is 13.6. The van der Waals surface area contributed by atoms with E-state index in [1.54, 1.807) is 36.4 Å². The molecule has 3 aromatic carbocycles. The van der Waals surface area contributed by atoms with Crippen LogP contribution >= 0.6 is 0 Å². The molecule has 0 aliphatic heterocycles. The molecule has 0 unspecified atom stereocenters. The van der Waals surface area contributed by atoms with Crippen LogP contribution < -0.4 is 4.31 Å². The van der Waals surface area contributed by atoms with Crippen LogP contribution in [0.15, 0.2) is 77.7 Å². The van der Waals surface area contributed by atoms with Crippen molar-refractivity contribution in [3.8, 4) is 0 Å². The minimum absolute atomic E-state index is 0.0153. The van der Waals surface area contributed by atoms with Crippen molar-refractivity contribution in [3.63, 3.8) is 0 Å². The number of Topliss-reactive ketones (excluding diaryl/α,β-unsaturated/α-hetero) is 1. The van der Waals surface area contributed by atoms with E-state index in [-0.39, 0.29) is 16.4 Å². The van der Waals surface area contributed by atoms with Crippen LogP contribution in [-0.2, 0) is 10.0 Å². The van der Waals surface area contributed by atoms with Crippen molar-refractivity contribution in [1.82, 2.24) is 9.97 Å². The standard InChI is InChI=1S/C22H18FN3O3S/c1-15-9-11-18(12-10-15)30(28,29)26(14-21(27)16-5-4-6-17(23)13-16)22-24-19-7-2-3-8-20(19)25-22/h2-13H,14H2,1H3,(H,24,25). The van der Waals surface area contributed by atoms with Crippen molar-refractivity contribution in [3.05, 3.63) is 89.7 Å². The summed E-state index contributed by atoms with van der Waals surface area (Å²) in [6, 6.07) is 18.5. The molecule has 0 saturated heterocycles. The molecule has 1 heterocycles. The zero-order chi connectivity index (χ0) is 21.3. The third-order valence-corrected chi connectivity index (χ3v) is 6.41. The monoisotopic (exact) mass is 423 g/mol. The Balaban J connectivity index is 1.80. The lowest BCUT2D eigenvalue weighted by Gasteiger charge is -2.21. The van der Waals surface area contributed by atoms with Gasteiger partial charge < -0.3 is 4.98 Å². The molecule has 0 spiro atoms. The van der Waals surface area contributed by atoms with Crippen molar-refractivity contribution in [2.45, 2.75) is 11.8 Å². The minimum Gasteiger partial charge on any atom is -0.323 e. The molecule has 0 aliphatic carbocycles. The quantitative estimate of drug-likeness (QED) is 0.474. The van der Waals surface area contributed by atoms with Gasteiger partial charge in [0.1, 0.15) is 12.4 Å². The molecule has 0 aliphatic rings. The van der Waals surface area contributed by atoms with E-state index >= 15 is 0 Å². The SMILES string of the molecule is Cc1ccc(S(=O)(=O)N(CC(=O)c2cccc(F)c2)c2nc3ccccc3[nH]2)cc1. The Morgan fingerprint density at radius 3 is 2.47 bits per heavy atom. The molecule has 0 bridgehead atoms. The number of imidazole rings is 1. The summed E-state index contributed by atoms with van der Waals surface area (Å²) >= 11 is 0. The van der Waals surface area contributed by atoms with Crippen LogP contribution in [0.2, 0.25) is 0 Å². The van der Waals surface area contributed by atoms with Gasteiger partial charge in [-0.3, -0.25) is 4.79 Å². The fourth-order valence-electron chi connectivity index (χ4n) is 3.05. The molecule has 152 valence electrons. The number of halogens is 1. The number of fused-ring (bicyclic) bond motifs is 1. The van der Waals surface area contributed by atoms with Gasteiger partial charge in [-0.1, -0.05) is 42.0 Å². The van der Waals surface area contributed by atoms with Crippen LogP contribution in [0.25, 0.3) is 11.0 Å². The summed E-state index contributed by atoms with van der Waals surface area (Å²) in [7, 11) is -4.11. The van der Waals surface area contributed by atoms with Crippen LogP contribution in [0.4, 0.5) is 10.3 Å². The van der Waals surface area contributed by atoms with Crippen LogP contribution in [0, 0.1) is 12.7 Å². The second-order valence-electron chi connectivity index (χ2n) is 6.84. The molecule has 0 saturated carbocycles. The zero-order valence-electron chi connectivity index (χ0n) is 16.0. The molecule has 0 amide bonds. The van der Waals surface area contributed by atoms with E-state index in [2.05, 4.69) is 9.97 Å². The molecule has 0 fully saturated rings. The molecule has 1 aromatic heterocycles. The molecular formula is C22H18FN3O3S. The number of hydrogen-bond acceptors (Lipinski definition) is 4.